The molecule has 5 heteroatoms. The van der Waals surface area contributed by atoms with Crippen LogP contribution in [0.3, 0.4) is 0 Å². The van der Waals surface area contributed by atoms with Crippen molar-refractivity contribution in [1.82, 2.24) is 9.97 Å². The summed E-state index contributed by atoms with van der Waals surface area (Å²) in [5.74, 6) is 0.910. The molecule has 12 heavy (non-hydrogen) atoms. The Bertz CT molecular complexity index is 264. The molecule has 0 spiro atoms. The van der Waals surface area contributed by atoms with E-state index < -0.39 is 0 Å². The van der Waals surface area contributed by atoms with Gasteiger partial charge in [-0.3, -0.25) is 0 Å². The van der Waals surface area contributed by atoms with Gasteiger partial charge < -0.3 is 11.5 Å². The molecule has 1 rings (SSSR count). The van der Waals surface area contributed by atoms with E-state index in [0.29, 0.717) is 5.82 Å². The molecule has 0 saturated heterocycles. The van der Waals surface area contributed by atoms with Crippen LogP contribution in [-0.2, 0) is 6.42 Å². The van der Waals surface area contributed by atoms with Gasteiger partial charge in [0.05, 0.1) is 0 Å². The summed E-state index contributed by atoms with van der Waals surface area (Å²) in [6.45, 7) is 2.03. The van der Waals surface area contributed by atoms with E-state index in [0.717, 1.165) is 12.8 Å². The number of aryl methyl sites for hydroxylation is 1. The first kappa shape index (κ1) is 9.06. The average Bonchev–Trinajstić information content (AvgIpc) is 2.01. The highest BCUT2D eigenvalue weighted by molar-refractivity contribution is 6.32. The maximum atomic E-state index is 5.70. The van der Waals surface area contributed by atoms with Crippen LogP contribution in [0.25, 0.3) is 0 Å². The molecule has 0 aliphatic rings. The molecule has 1 aromatic rings. The second kappa shape index (κ2) is 3.58. The topological polar surface area (TPSA) is 77.8 Å². The highest BCUT2D eigenvalue weighted by Crippen LogP contribution is 2.20. The zero-order valence-electron chi connectivity index (χ0n) is 6.84. The number of hydrogen-bond donors (Lipinski definition) is 2. The van der Waals surface area contributed by atoms with Crippen molar-refractivity contribution in [3.05, 3.63) is 11.0 Å². The average molecular weight is 187 g/mol. The third-order valence-corrected chi connectivity index (χ3v) is 1.74. The molecular formula is C7H11ClN4. The fourth-order valence-corrected chi connectivity index (χ4v) is 1.03. The lowest BCUT2D eigenvalue weighted by Gasteiger charge is -2.03. The van der Waals surface area contributed by atoms with Gasteiger partial charge in [-0.05, 0) is 6.42 Å². The second-order valence-electron chi connectivity index (χ2n) is 2.48. The lowest BCUT2D eigenvalue weighted by Crippen LogP contribution is -2.04. The van der Waals surface area contributed by atoms with Gasteiger partial charge in [0.1, 0.15) is 11.5 Å². The van der Waals surface area contributed by atoms with Crippen LogP contribution < -0.4 is 11.5 Å². The zero-order valence-corrected chi connectivity index (χ0v) is 7.60. The maximum absolute atomic E-state index is 5.70. The van der Waals surface area contributed by atoms with E-state index >= 15 is 0 Å². The number of nitrogens with zero attached hydrogens (tertiary/aromatic N) is 2. The van der Waals surface area contributed by atoms with E-state index in [9.17, 15) is 0 Å². The number of nitrogens with two attached hydrogens (primary N) is 2. The summed E-state index contributed by atoms with van der Waals surface area (Å²) >= 11 is 5.70. The van der Waals surface area contributed by atoms with Crippen LogP contribution in [0.2, 0.25) is 5.15 Å². The van der Waals surface area contributed by atoms with Crippen LogP contribution in [-0.4, -0.2) is 9.97 Å². The number of rotatable bonds is 2. The Labute approximate surface area is 75.9 Å². The SMILES string of the molecule is CCCc1nc(N)c(N)c(Cl)n1. The molecule has 1 aromatic heterocycles. The Hall–Kier alpha value is -1.03. The van der Waals surface area contributed by atoms with E-state index in [1.54, 1.807) is 0 Å². The van der Waals surface area contributed by atoms with Gasteiger partial charge in [-0.15, -0.1) is 0 Å². The minimum atomic E-state index is 0.242. The molecule has 0 aliphatic heterocycles. The van der Waals surface area contributed by atoms with Crippen LogP contribution >= 0.6 is 11.6 Å². The van der Waals surface area contributed by atoms with Gasteiger partial charge in [0.2, 0.25) is 0 Å². The summed E-state index contributed by atoms with van der Waals surface area (Å²) in [4.78, 5) is 7.95. The molecule has 0 fully saturated rings. The van der Waals surface area contributed by atoms with E-state index in [-0.39, 0.29) is 16.7 Å². The standard InChI is InChI=1S/C7H11ClN4/c1-2-3-4-11-6(8)5(9)7(10)12-4/h2-3,9H2,1H3,(H2,10,11,12). The molecule has 0 aromatic carbocycles. The largest absolute Gasteiger partial charge is 0.393 e. The van der Waals surface area contributed by atoms with Gasteiger partial charge in [-0.25, -0.2) is 9.97 Å². The number of anilines is 2. The van der Waals surface area contributed by atoms with Crippen molar-refractivity contribution in [2.75, 3.05) is 11.5 Å². The van der Waals surface area contributed by atoms with E-state index in [1.807, 2.05) is 6.92 Å². The Morgan fingerprint density at radius 2 is 2.00 bits per heavy atom. The quantitative estimate of drug-likeness (QED) is 0.682. The third kappa shape index (κ3) is 1.76. The summed E-state index contributed by atoms with van der Waals surface area (Å²) in [6.07, 6.45) is 1.73. The smallest absolute Gasteiger partial charge is 0.157 e. The molecule has 4 nitrogen and oxygen atoms in total. The van der Waals surface area contributed by atoms with Gasteiger partial charge in [-0.1, -0.05) is 18.5 Å². The van der Waals surface area contributed by atoms with Crippen molar-refractivity contribution in [2.24, 2.45) is 0 Å². The highest BCUT2D eigenvalue weighted by Gasteiger charge is 2.05. The molecule has 0 saturated carbocycles. The lowest BCUT2D eigenvalue weighted by molar-refractivity contribution is 0.838. The van der Waals surface area contributed by atoms with Crippen molar-refractivity contribution in [3.63, 3.8) is 0 Å². The monoisotopic (exact) mass is 186 g/mol. The maximum Gasteiger partial charge on any atom is 0.157 e. The van der Waals surface area contributed by atoms with Crippen molar-refractivity contribution in [2.45, 2.75) is 19.8 Å². The van der Waals surface area contributed by atoms with Gasteiger partial charge >= 0.3 is 0 Å². The fourth-order valence-electron chi connectivity index (χ4n) is 0.839. The number of halogens is 1. The Morgan fingerprint density at radius 1 is 1.33 bits per heavy atom. The summed E-state index contributed by atoms with van der Waals surface area (Å²) in [5, 5.41) is 0.242. The molecular weight excluding hydrogens is 176 g/mol. The second-order valence-corrected chi connectivity index (χ2v) is 2.84. The van der Waals surface area contributed by atoms with E-state index in [4.69, 9.17) is 23.1 Å². The first-order valence-electron chi connectivity index (χ1n) is 3.72. The van der Waals surface area contributed by atoms with Crippen molar-refractivity contribution in [1.29, 1.82) is 0 Å². The van der Waals surface area contributed by atoms with Crippen molar-refractivity contribution >= 4 is 23.1 Å². The predicted octanol–water partition coefficient (Wildman–Crippen LogP) is 1.25. The summed E-state index contributed by atoms with van der Waals surface area (Å²) < 4.78 is 0. The molecule has 0 amide bonds. The third-order valence-electron chi connectivity index (χ3n) is 1.45. The molecule has 1 heterocycles. The Kier molecular flexibility index (Phi) is 2.70. The minimum absolute atomic E-state index is 0.242. The fraction of sp³-hybridized carbons (Fsp3) is 0.429. The van der Waals surface area contributed by atoms with Gasteiger partial charge in [0.15, 0.2) is 11.0 Å². The Balaban J connectivity index is 3.04. The summed E-state index contributed by atoms with van der Waals surface area (Å²) in [6, 6.07) is 0. The van der Waals surface area contributed by atoms with Crippen LogP contribution in [0.5, 0.6) is 0 Å². The summed E-state index contributed by atoms with van der Waals surface area (Å²) in [7, 11) is 0. The highest BCUT2D eigenvalue weighted by atomic mass is 35.5. The normalized spacial score (nSPS) is 10.2. The molecule has 66 valence electrons. The minimum Gasteiger partial charge on any atom is -0.393 e. The van der Waals surface area contributed by atoms with Gasteiger partial charge in [0.25, 0.3) is 0 Å². The first-order chi connectivity index (χ1) is 5.65. The van der Waals surface area contributed by atoms with Crippen LogP contribution in [0.4, 0.5) is 11.5 Å². The van der Waals surface area contributed by atoms with Crippen LogP contribution in [0.15, 0.2) is 0 Å². The summed E-state index contributed by atoms with van der Waals surface area (Å²) in [5.41, 5.74) is 11.2. The van der Waals surface area contributed by atoms with Crippen molar-refractivity contribution < 1.29 is 0 Å². The molecule has 0 unspecified atom stereocenters. The molecule has 4 N–H and O–H groups in total. The lowest BCUT2D eigenvalue weighted by atomic mass is 10.3. The van der Waals surface area contributed by atoms with Gasteiger partial charge in [-0.2, -0.15) is 0 Å². The number of nitrogen functional groups attached to an aromatic ring is 2. The zero-order chi connectivity index (χ0) is 9.14. The van der Waals surface area contributed by atoms with Gasteiger partial charge in [0, 0.05) is 6.42 Å². The van der Waals surface area contributed by atoms with E-state index in [2.05, 4.69) is 9.97 Å². The molecule has 0 bridgehead atoms. The predicted molar refractivity (Wildman–Crippen MR) is 49.9 cm³/mol. The number of aromatic nitrogens is 2. The van der Waals surface area contributed by atoms with Crippen molar-refractivity contribution in [3.8, 4) is 0 Å². The van der Waals surface area contributed by atoms with Crippen LogP contribution in [0.1, 0.15) is 19.2 Å². The first-order valence-corrected chi connectivity index (χ1v) is 4.10. The van der Waals surface area contributed by atoms with E-state index in [1.165, 1.54) is 0 Å². The molecule has 0 aliphatic carbocycles. The van der Waals surface area contributed by atoms with Crippen LogP contribution in [0, 0.1) is 0 Å². The number of hydrogen-bond acceptors (Lipinski definition) is 4. The Morgan fingerprint density at radius 3 is 2.50 bits per heavy atom. The molecule has 0 atom stereocenters. The molecule has 0 radical (unpaired) electrons.